The molecule has 0 bridgehead atoms. The molecule has 0 spiro atoms. The monoisotopic (exact) mass is 232 g/mol. The van der Waals surface area contributed by atoms with Gasteiger partial charge in [0.25, 0.3) is 0 Å². The summed E-state index contributed by atoms with van der Waals surface area (Å²) >= 11 is 0. The van der Waals surface area contributed by atoms with Gasteiger partial charge in [-0.3, -0.25) is 0 Å². The van der Waals surface area contributed by atoms with Gasteiger partial charge in [0, 0.05) is 10.9 Å². The van der Waals surface area contributed by atoms with Gasteiger partial charge in [0.2, 0.25) is 5.76 Å². The zero-order valence-electron chi connectivity index (χ0n) is 10.3. The summed E-state index contributed by atoms with van der Waals surface area (Å²) in [5.41, 5.74) is 2.48. The first-order valence-electron chi connectivity index (χ1n) is 5.75. The van der Waals surface area contributed by atoms with Crippen molar-refractivity contribution >= 4 is 16.9 Å². The second-order valence-corrected chi connectivity index (χ2v) is 4.76. The molecule has 1 heterocycles. The molecule has 0 fully saturated rings. The lowest BCUT2D eigenvalue weighted by atomic mass is 9.99. The van der Waals surface area contributed by atoms with E-state index >= 15 is 0 Å². The number of fused-ring (bicyclic) bond motifs is 1. The fourth-order valence-corrected chi connectivity index (χ4v) is 2.10. The van der Waals surface area contributed by atoms with Crippen LogP contribution in [0.1, 0.15) is 35.5 Å². The van der Waals surface area contributed by atoms with Crippen LogP contribution in [0.15, 0.2) is 22.6 Å². The molecule has 0 aliphatic rings. The Morgan fingerprint density at radius 1 is 1.41 bits per heavy atom. The molecule has 3 heteroatoms. The smallest absolute Gasteiger partial charge is 0.372 e. The highest BCUT2D eigenvalue weighted by atomic mass is 16.4. The lowest BCUT2D eigenvalue weighted by Gasteiger charge is -2.03. The number of hydrogen-bond acceptors (Lipinski definition) is 2. The van der Waals surface area contributed by atoms with E-state index in [9.17, 15) is 9.90 Å². The molecule has 3 nitrogen and oxygen atoms in total. The summed E-state index contributed by atoms with van der Waals surface area (Å²) in [4.78, 5) is 11.2. The first kappa shape index (κ1) is 11.7. The highest BCUT2D eigenvalue weighted by Crippen LogP contribution is 2.30. The topological polar surface area (TPSA) is 50.4 Å². The Morgan fingerprint density at radius 3 is 2.71 bits per heavy atom. The summed E-state index contributed by atoms with van der Waals surface area (Å²) in [5, 5.41) is 10.1. The number of furan rings is 1. The number of carboxylic acid groups (broad SMARTS) is 1. The van der Waals surface area contributed by atoms with E-state index < -0.39 is 5.97 Å². The van der Waals surface area contributed by atoms with Crippen LogP contribution in [-0.4, -0.2) is 11.1 Å². The maximum Gasteiger partial charge on any atom is 0.372 e. The number of benzene rings is 1. The number of rotatable bonds is 3. The second-order valence-electron chi connectivity index (χ2n) is 4.76. The molecule has 1 aromatic heterocycles. The van der Waals surface area contributed by atoms with Gasteiger partial charge >= 0.3 is 5.97 Å². The van der Waals surface area contributed by atoms with Crippen LogP contribution in [0.2, 0.25) is 0 Å². The van der Waals surface area contributed by atoms with E-state index in [1.165, 1.54) is 0 Å². The van der Waals surface area contributed by atoms with E-state index in [1.54, 1.807) is 0 Å². The van der Waals surface area contributed by atoms with Crippen molar-refractivity contribution in [3.05, 3.63) is 35.1 Å². The minimum absolute atomic E-state index is 0.0861. The molecule has 0 saturated carbocycles. The molecule has 2 rings (SSSR count). The predicted molar refractivity (Wildman–Crippen MR) is 66.5 cm³/mol. The quantitative estimate of drug-likeness (QED) is 0.878. The van der Waals surface area contributed by atoms with Gasteiger partial charge < -0.3 is 9.52 Å². The molecule has 0 aliphatic carbocycles. The van der Waals surface area contributed by atoms with Crippen molar-refractivity contribution in [3.63, 3.8) is 0 Å². The molecular formula is C14H16O3. The fraction of sp³-hybridized carbons (Fsp3) is 0.357. The van der Waals surface area contributed by atoms with Gasteiger partial charge in [-0.15, -0.1) is 0 Å². The van der Waals surface area contributed by atoms with E-state index in [4.69, 9.17) is 4.42 Å². The highest BCUT2D eigenvalue weighted by molar-refractivity contribution is 5.96. The van der Waals surface area contributed by atoms with Crippen LogP contribution in [-0.2, 0) is 6.42 Å². The highest BCUT2D eigenvalue weighted by Gasteiger charge is 2.21. The van der Waals surface area contributed by atoms with Crippen LogP contribution in [0.25, 0.3) is 11.0 Å². The van der Waals surface area contributed by atoms with E-state index in [1.807, 2.05) is 25.1 Å². The summed E-state index contributed by atoms with van der Waals surface area (Å²) in [6, 6.07) is 5.79. The third kappa shape index (κ3) is 2.05. The Balaban J connectivity index is 2.71. The van der Waals surface area contributed by atoms with Crippen molar-refractivity contribution in [1.29, 1.82) is 0 Å². The Labute approximate surface area is 100 Å². The summed E-state index contributed by atoms with van der Waals surface area (Å²) < 4.78 is 5.49. The maximum absolute atomic E-state index is 11.2. The Hall–Kier alpha value is -1.77. The Morgan fingerprint density at radius 2 is 2.12 bits per heavy atom. The predicted octanol–water partition coefficient (Wildman–Crippen LogP) is 3.64. The van der Waals surface area contributed by atoms with E-state index in [0.717, 1.165) is 22.9 Å². The number of hydrogen-bond donors (Lipinski definition) is 1. The van der Waals surface area contributed by atoms with Crippen molar-refractivity contribution in [2.24, 2.45) is 5.92 Å². The third-order valence-corrected chi connectivity index (χ3v) is 2.82. The van der Waals surface area contributed by atoms with Crippen LogP contribution >= 0.6 is 0 Å². The molecule has 1 aromatic carbocycles. The fourth-order valence-electron chi connectivity index (χ4n) is 2.10. The van der Waals surface area contributed by atoms with Crippen LogP contribution in [0.4, 0.5) is 0 Å². The van der Waals surface area contributed by atoms with Gasteiger partial charge in [-0.1, -0.05) is 32.0 Å². The largest absolute Gasteiger partial charge is 0.475 e. The lowest BCUT2D eigenvalue weighted by Crippen LogP contribution is -2.02. The molecule has 0 radical (unpaired) electrons. The Bertz CT molecular complexity index is 564. The van der Waals surface area contributed by atoms with Gasteiger partial charge in [0.05, 0.1) is 0 Å². The zero-order chi connectivity index (χ0) is 12.6. The molecule has 0 saturated heterocycles. The van der Waals surface area contributed by atoms with Gasteiger partial charge in [-0.05, 0) is 24.8 Å². The van der Waals surface area contributed by atoms with Gasteiger partial charge in [0.15, 0.2) is 0 Å². The van der Waals surface area contributed by atoms with Crippen LogP contribution in [0, 0.1) is 12.8 Å². The average Bonchev–Trinajstić information content (AvgIpc) is 2.58. The molecule has 1 N–H and O–H groups in total. The van der Waals surface area contributed by atoms with Crippen molar-refractivity contribution in [3.8, 4) is 0 Å². The minimum Gasteiger partial charge on any atom is -0.475 e. The number of aromatic carboxylic acids is 1. The number of carbonyl (C=O) groups is 1. The first-order valence-corrected chi connectivity index (χ1v) is 5.75. The molecule has 2 aromatic rings. The van der Waals surface area contributed by atoms with Crippen LogP contribution in [0.3, 0.4) is 0 Å². The van der Waals surface area contributed by atoms with Gasteiger partial charge in [-0.2, -0.15) is 0 Å². The molecule has 0 atom stereocenters. The summed E-state index contributed by atoms with van der Waals surface area (Å²) in [5.74, 6) is -0.506. The van der Waals surface area contributed by atoms with Crippen molar-refractivity contribution in [2.75, 3.05) is 0 Å². The normalized spacial score (nSPS) is 11.3. The molecule has 0 unspecified atom stereocenters. The number of carboxylic acids is 1. The first-order chi connectivity index (χ1) is 8.00. The van der Waals surface area contributed by atoms with E-state index in [-0.39, 0.29) is 5.76 Å². The second kappa shape index (κ2) is 4.24. The maximum atomic E-state index is 11.2. The van der Waals surface area contributed by atoms with Crippen LogP contribution < -0.4 is 0 Å². The third-order valence-electron chi connectivity index (χ3n) is 2.82. The standard InChI is InChI=1S/C14H16O3/c1-8(2)7-11-10-6-4-5-9(3)12(10)17-13(11)14(15)16/h4-6,8H,7H2,1-3H3,(H,15,16). The van der Waals surface area contributed by atoms with Crippen molar-refractivity contribution < 1.29 is 14.3 Å². The molecular weight excluding hydrogens is 216 g/mol. The lowest BCUT2D eigenvalue weighted by molar-refractivity contribution is 0.0663. The average molecular weight is 232 g/mol. The van der Waals surface area contributed by atoms with E-state index in [0.29, 0.717) is 11.5 Å². The summed E-state index contributed by atoms with van der Waals surface area (Å²) in [6.07, 6.45) is 0.720. The van der Waals surface area contributed by atoms with Gasteiger partial charge in [0.1, 0.15) is 5.58 Å². The Kier molecular flexibility index (Phi) is 2.92. The van der Waals surface area contributed by atoms with Crippen LogP contribution in [0.5, 0.6) is 0 Å². The summed E-state index contributed by atoms with van der Waals surface area (Å²) in [6.45, 7) is 6.07. The molecule has 90 valence electrons. The van der Waals surface area contributed by atoms with Gasteiger partial charge in [-0.25, -0.2) is 4.79 Å². The molecule has 0 amide bonds. The summed E-state index contributed by atoms with van der Waals surface area (Å²) in [7, 11) is 0. The number of para-hydroxylation sites is 1. The zero-order valence-corrected chi connectivity index (χ0v) is 10.3. The molecule has 17 heavy (non-hydrogen) atoms. The molecule has 0 aliphatic heterocycles. The van der Waals surface area contributed by atoms with Crippen molar-refractivity contribution in [1.82, 2.24) is 0 Å². The van der Waals surface area contributed by atoms with Crippen molar-refractivity contribution in [2.45, 2.75) is 27.2 Å². The minimum atomic E-state index is -0.990. The van der Waals surface area contributed by atoms with E-state index in [2.05, 4.69) is 13.8 Å². The number of aryl methyl sites for hydroxylation is 1. The SMILES string of the molecule is Cc1cccc2c(CC(C)C)c(C(=O)O)oc12.